The normalized spacial score (nSPS) is 12.5. The highest BCUT2D eigenvalue weighted by molar-refractivity contribution is 7.17. The molecule has 1 atom stereocenters. The Balaban J connectivity index is 1.98. The number of H-pyrrole nitrogens is 1. The van der Waals surface area contributed by atoms with Crippen LogP contribution in [0.2, 0.25) is 0 Å². The predicted molar refractivity (Wildman–Crippen MR) is 79.8 cm³/mol. The Morgan fingerprint density at radius 1 is 1.55 bits per heavy atom. The van der Waals surface area contributed by atoms with Crippen LogP contribution in [0.5, 0.6) is 0 Å². The van der Waals surface area contributed by atoms with Crippen LogP contribution in [0.1, 0.15) is 26.1 Å². The first-order chi connectivity index (χ1) is 9.61. The summed E-state index contributed by atoms with van der Waals surface area (Å²) in [5.41, 5.74) is 0.559. The minimum absolute atomic E-state index is 0.0502. The number of nitrogens with one attached hydrogen (secondary N) is 3. The van der Waals surface area contributed by atoms with Gasteiger partial charge in [0.15, 0.2) is 0 Å². The molecule has 0 aliphatic heterocycles. The number of nitrogens with zero attached hydrogens (tertiary/aromatic N) is 1. The predicted octanol–water partition coefficient (Wildman–Crippen LogP) is 0.989. The van der Waals surface area contributed by atoms with Crippen LogP contribution in [0.3, 0.4) is 0 Å². The number of hydrogen-bond donors (Lipinski definition) is 3. The van der Waals surface area contributed by atoms with E-state index in [1.807, 2.05) is 18.4 Å². The minimum atomic E-state index is -0.329. The molecule has 0 saturated carbocycles. The summed E-state index contributed by atoms with van der Waals surface area (Å²) >= 11 is 1.37. The second-order valence-corrected chi connectivity index (χ2v) is 5.46. The molecule has 20 heavy (non-hydrogen) atoms. The molecule has 0 aromatic carbocycles. The Morgan fingerprint density at radius 3 is 3.10 bits per heavy atom. The van der Waals surface area contributed by atoms with Gasteiger partial charge >= 0.3 is 0 Å². The third kappa shape index (κ3) is 3.43. The van der Waals surface area contributed by atoms with Gasteiger partial charge in [-0.15, -0.1) is 11.3 Å². The Labute approximate surface area is 120 Å². The number of aromatic amines is 1. The highest BCUT2D eigenvalue weighted by atomic mass is 32.1. The maximum absolute atomic E-state index is 11.8. The van der Waals surface area contributed by atoms with Crippen molar-refractivity contribution in [2.75, 3.05) is 6.54 Å². The number of hydrogen-bond acceptors (Lipinski definition) is 5. The summed E-state index contributed by atoms with van der Waals surface area (Å²) in [6.45, 7) is 4.80. The van der Waals surface area contributed by atoms with Crippen molar-refractivity contribution in [2.45, 2.75) is 32.9 Å². The van der Waals surface area contributed by atoms with Gasteiger partial charge in [-0.1, -0.05) is 6.92 Å². The van der Waals surface area contributed by atoms with Gasteiger partial charge in [0.2, 0.25) is 5.91 Å². The summed E-state index contributed by atoms with van der Waals surface area (Å²) in [5.74, 6) is 0.488. The number of thiophene rings is 1. The molecule has 1 unspecified atom stereocenters. The lowest BCUT2D eigenvalue weighted by molar-refractivity contribution is -0.122. The summed E-state index contributed by atoms with van der Waals surface area (Å²) in [6.07, 6.45) is 0.905. The van der Waals surface area contributed by atoms with Crippen molar-refractivity contribution in [3.8, 4) is 0 Å². The lowest BCUT2D eigenvalue weighted by atomic mass is 10.3. The summed E-state index contributed by atoms with van der Waals surface area (Å²) in [5, 5.41) is 7.70. The standard InChI is InChI=1S/C13H18N4O2S/c1-3-5-14-12(18)8(2)15-7-10-16-9-4-6-20-11(9)13(19)17-10/h4,6,8,15H,3,5,7H2,1-2H3,(H,14,18)(H,16,17,19). The quantitative estimate of drug-likeness (QED) is 0.741. The maximum Gasteiger partial charge on any atom is 0.268 e. The first kappa shape index (κ1) is 14.7. The fourth-order valence-corrected chi connectivity index (χ4v) is 2.47. The average Bonchev–Trinajstić information content (AvgIpc) is 2.91. The van der Waals surface area contributed by atoms with E-state index < -0.39 is 0 Å². The number of amides is 1. The number of carbonyl (C=O) groups is 1. The molecule has 2 rings (SSSR count). The molecule has 0 saturated heterocycles. The zero-order valence-corrected chi connectivity index (χ0v) is 12.3. The van der Waals surface area contributed by atoms with E-state index in [-0.39, 0.29) is 17.5 Å². The van der Waals surface area contributed by atoms with Gasteiger partial charge in [-0.25, -0.2) is 4.98 Å². The molecule has 0 bridgehead atoms. The molecule has 0 radical (unpaired) electrons. The van der Waals surface area contributed by atoms with Crippen LogP contribution >= 0.6 is 11.3 Å². The largest absolute Gasteiger partial charge is 0.355 e. The van der Waals surface area contributed by atoms with Crippen molar-refractivity contribution in [1.29, 1.82) is 0 Å². The van der Waals surface area contributed by atoms with Crippen LogP contribution in [-0.2, 0) is 11.3 Å². The first-order valence-corrected chi connectivity index (χ1v) is 7.47. The van der Waals surface area contributed by atoms with E-state index in [0.717, 1.165) is 6.42 Å². The van der Waals surface area contributed by atoms with Crippen molar-refractivity contribution in [3.05, 3.63) is 27.6 Å². The van der Waals surface area contributed by atoms with E-state index in [0.29, 0.717) is 29.1 Å². The van der Waals surface area contributed by atoms with Crippen LogP contribution in [0.4, 0.5) is 0 Å². The van der Waals surface area contributed by atoms with E-state index in [9.17, 15) is 9.59 Å². The van der Waals surface area contributed by atoms with Crippen molar-refractivity contribution >= 4 is 27.5 Å². The maximum atomic E-state index is 11.8. The smallest absolute Gasteiger partial charge is 0.268 e. The van der Waals surface area contributed by atoms with Crippen molar-refractivity contribution in [1.82, 2.24) is 20.6 Å². The average molecular weight is 294 g/mol. The van der Waals surface area contributed by atoms with E-state index in [1.54, 1.807) is 6.92 Å². The van der Waals surface area contributed by atoms with Gasteiger partial charge in [0.05, 0.1) is 18.1 Å². The van der Waals surface area contributed by atoms with Crippen molar-refractivity contribution < 1.29 is 4.79 Å². The van der Waals surface area contributed by atoms with Gasteiger partial charge in [0, 0.05) is 6.54 Å². The van der Waals surface area contributed by atoms with Crippen molar-refractivity contribution in [3.63, 3.8) is 0 Å². The molecule has 2 aromatic rings. The second kappa shape index (κ2) is 6.62. The highest BCUT2D eigenvalue weighted by Gasteiger charge is 2.12. The lowest BCUT2D eigenvalue weighted by Gasteiger charge is -2.13. The molecule has 0 aliphatic carbocycles. The highest BCUT2D eigenvalue weighted by Crippen LogP contribution is 2.13. The van der Waals surface area contributed by atoms with E-state index in [1.165, 1.54) is 11.3 Å². The Bertz CT molecular complexity index is 649. The van der Waals surface area contributed by atoms with Crippen LogP contribution in [0.25, 0.3) is 10.2 Å². The zero-order valence-electron chi connectivity index (χ0n) is 11.5. The number of fused-ring (bicyclic) bond motifs is 1. The fourth-order valence-electron chi connectivity index (χ4n) is 1.75. The Hall–Kier alpha value is -1.73. The topological polar surface area (TPSA) is 86.9 Å². The van der Waals surface area contributed by atoms with Crippen LogP contribution in [0, 0.1) is 0 Å². The van der Waals surface area contributed by atoms with Gasteiger partial charge in [0.25, 0.3) is 5.56 Å². The molecule has 3 N–H and O–H groups in total. The Kier molecular flexibility index (Phi) is 4.86. The molecule has 0 aliphatic rings. The summed E-state index contributed by atoms with van der Waals surface area (Å²) < 4.78 is 0.627. The fraction of sp³-hybridized carbons (Fsp3) is 0.462. The summed E-state index contributed by atoms with van der Waals surface area (Å²) in [6, 6.07) is 1.49. The molecule has 2 aromatic heterocycles. The minimum Gasteiger partial charge on any atom is -0.355 e. The van der Waals surface area contributed by atoms with Gasteiger partial charge in [-0.05, 0) is 24.8 Å². The summed E-state index contributed by atoms with van der Waals surface area (Å²) in [4.78, 5) is 30.6. The zero-order chi connectivity index (χ0) is 14.5. The van der Waals surface area contributed by atoms with Crippen LogP contribution in [0.15, 0.2) is 16.2 Å². The van der Waals surface area contributed by atoms with E-state index in [4.69, 9.17) is 0 Å². The molecule has 7 heteroatoms. The number of carbonyl (C=O) groups excluding carboxylic acids is 1. The van der Waals surface area contributed by atoms with Crippen molar-refractivity contribution in [2.24, 2.45) is 0 Å². The molecular formula is C13H18N4O2S. The van der Waals surface area contributed by atoms with E-state index in [2.05, 4.69) is 20.6 Å². The van der Waals surface area contributed by atoms with Gasteiger partial charge in [-0.3, -0.25) is 14.9 Å². The van der Waals surface area contributed by atoms with Gasteiger partial charge in [0.1, 0.15) is 10.5 Å². The molecular weight excluding hydrogens is 276 g/mol. The van der Waals surface area contributed by atoms with Gasteiger partial charge < -0.3 is 10.3 Å². The van der Waals surface area contributed by atoms with E-state index >= 15 is 0 Å². The monoisotopic (exact) mass is 294 g/mol. The molecule has 1 amide bonds. The van der Waals surface area contributed by atoms with Crippen LogP contribution < -0.4 is 16.2 Å². The van der Waals surface area contributed by atoms with Crippen LogP contribution in [-0.4, -0.2) is 28.5 Å². The third-order valence-electron chi connectivity index (χ3n) is 2.88. The third-order valence-corrected chi connectivity index (χ3v) is 3.78. The molecule has 108 valence electrons. The van der Waals surface area contributed by atoms with Gasteiger partial charge in [-0.2, -0.15) is 0 Å². The molecule has 6 nitrogen and oxygen atoms in total. The lowest BCUT2D eigenvalue weighted by Crippen LogP contribution is -2.42. The molecule has 2 heterocycles. The molecule has 0 spiro atoms. The second-order valence-electron chi connectivity index (χ2n) is 4.54. The number of rotatable bonds is 6. The number of aromatic nitrogens is 2. The summed E-state index contributed by atoms with van der Waals surface area (Å²) in [7, 11) is 0. The first-order valence-electron chi connectivity index (χ1n) is 6.59. The SMILES string of the molecule is CCCNC(=O)C(C)NCc1nc2ccsc2c(=O)[nH]1. The molecule has 0 fully saturated rings. The Morgan fingerprint density at radius 2 is 2.35 bits per heavy atom.